The van der Waals surface area contributed by atoms with Crippen LogP contribution >= 0.6 is 11.7 Å². The van der Waals surface area contributed by atoms with Gasteiger partial charge in [-0.2, -0.15) is 8.75 Å². The second-order valence-corrected chi connectivity index (χ2v) is 6.50. The van der Waals surface area contributed by atoms with E-state index in [-0.39, 0.29) is 12.0 Å². The topological polar surface area (TPSA) is 90.3 Å². The molecule has 1 aliphatic rings. The maximum atomic E-state index is 12.9. The number of hydrogen-bond donors (Lipinski definition) is 0. The number of rotatable bonds is 4. The molecule has 0 saturated carbocycles. The third-order valence-corrected chi connectivity index (χ3v) is 4.83. The molecule has 2 aromatic heterocycles. The van der Waals surface area contributed by atoms with E-state index in [0.717, 1.165) is 35.6 Å². The van der Waals surface area contributed by atoms with Crippen molar-refractivity contribution in [2.75, 3.05) is 20.2 Å². The van der Waals surface area contributed by atoms with Gasteiger partial charge in [0, 0.05) is 24.5 Å². The van der Waals surface area contributed by atoms with E-state index < -0.39 is 0 Å². The summed E-state index contributed by atoms with van der Waals surface area (Å²) < 4.78 is 19.5. The molecule has 1 aliphatic heterocycles. The van der Waals surface area contributed by atoms with Crippen LogP contribution in [0.1, 0.15) is 23.2 Å². The van der Waals surface area contributed by atoms with Crippen LogP contribution in [0.4, 0.5) is 0 Å². The Balaban J connectivity index is 1.48. The molecule has 8 nitrogen and oxygen atoms in total. The van der Waals surface area contributed by atoms with E-state index in [1.165, 1.54) is 7.11 Å². The Morgan fingerprint density at radius 3 is 2.85 bits per heavy atom. The van der Waals surface area contributed by atoms with E-state index in [0.29, 0.717) is 30.4 Å². The summed E-state index contributed by atoms with van der Waals surface area (Å²) in [6, 6.07) is 5.41. The van der Waals surface area contributed by atoms with Gasteiger partial charge in [0.1, 0.15) is 17.1 Å². The number of ether oxygens (including phenoxy) is 2. The summed E-state index contributed by atoms with van der Waals surface area (Å²) in [4.78, 5) is 22.9. The maximum absolute atomic E-state index is 12.9. The Kier molecular flexibility index (Phi) is 4.61. The molecule has 26 heavy (non-hydrogen) atoms. The highest BCUT2D eigenvalue weighted by molar-refractivity contribution is 7.00. The van der Waals surface area contributed by atoms with Crippen molar-refractivity contribution in [1.82, 2.24) is 23.6 Å². The first-order valence-corrected chi connectivity index (χ1v) is 9.01. The van der Waals surface area contributed by atoms with Crippen LogP contribution in [0.15, 0.2) is 30.6 Å². The van der Waals surface area contributed by atoms with E-state index in [4.69, 9.17) is 9.47 Å². The Morgan fingerprint density at radius 1 is 1.19 bits per heavy atom. The Hall–Kier alpha value is -2.81. The molecule has 134 valence electrons. The van der Waals surface area contributed by atoms with Gasteiger partial charge >= 0.3 is 0 Å². The van der Waals surface area contributed by atoms with E-state index >= 15 is 0 Å². The average Bonchev–Trinajstić information content (AvgIpc) is 3.16. The summed E-state index contributed by atoms with van der Waals surface area (Å²) in [6.07, 6.45) is 4.66. The van der Waals surface area contributed by atoms with Gasteiger partial charge in [0.15, 0.2) is 0 Å². The van der Waals surface area contributed by atoms with Crippen LogP contribution in [-0.4, -0.2) is 55.8 Å². The first kappa shape index (κ1) is 16.6. The standard InChI is InChI=1S/C17H17N5O3S/c1-24-15-16(19-7-6-18-15)25-12-3-2-8-22(10-12)17(23)11-4-5-13-14(9-11)21-26-20-13/h4-7,9,12H,2-3,8,10H2,1H3. The SMILES string of the molecule is COc1nccnc1OC1CCCN(C(=O)c2ccc3nsnc3c2)C1. The number of nitrogens with zero attached hydrogens (tertiary/aromatic N) is 5. The average molecular weight is 371 g/mol. The van der Waals surface area contributed by atoms with Crippen molar-refractivity contribution in [2.45, 2.75) is 18.9 Å². The van der Waals surface area contributed by atoms with Crippen molar-refractivity contribution >= 4 is 28.7 Å². The van der Waals surface area contributed by atoms with Gasteiger partial charge in [-0.05, 0) is 31.0 Å². The number of piperidine rings is 1. The summed E-state index contributed by atoms with van der Waals surface area (Å²) in [7, 11) is 1.52. The van der Waals surface area contributed by atoms with E-state index in [1.807, 2.05) is 6.07 Å². The normalized spacial score (nSPS) is 17.3. The molecule has 9 heteroatoms. The number of aromatic nitrogens is 4. The molecule has 1 aromatic carbocycles. The van der Waals surface area contributed by atoms with Crippen LogP contribution < -0.4 is 9.47 Å². The molecule has 1 fully saturated rings. The van der Waals surface area contributed by atoms with Gasteiger partial charge in [0.25, 0.3) is 17.7 Å². The van der Waals surface area contributed by atoms with Crippen LogP contribution in [-0.2, 0) is 0 Å². The summed E-state index contributed by atoms with van der Waals surface area (Å²) >= 11 is 1.14. The van der Waals surface area contributed by atoms with E-state index in [1.54, 1.807) is 29.4 Å². The minimum Gasteiger partial charge on any atom is -0.477 e. The predicted molar refractivity (Wildman–Crippen MR) is 95.6 cm³/mol. The molecule has 4 rings (SSSR count). The second-order valence-electron chi connectivity index (χ2n) is 5.97. The molecule has 0 bridgehead atoms. The number of carbonyl (C=O) groups excluding carboxylic acids is 1. The van der Waals surface area contributed by atoms with Crippen LogP contribution in [0.5, 0.6) is 11.8 Å². The number of amides is 1. The fourth-order valence-electron chi connectivity index (χ4n) is 3.01. The van der Waals surface area contributed by atoms with Gasteiger partial charge in [0.05, 0.1) is 25.4 Å². The summed E-state index contributed by atoms with van der Waals surface area (Å²) in [5.41, 5.74) is 2.17. The van der Waals surface area contributed by atoms with Crippen molar-refractivity contribution in [3.8, 4) is 11.8 Å². The van der Waals surface area contributed by atoms with E-state index in [2.05, 4.69) is 18.7 Å². The Labute approximate surface area is 154 Å². The van der Waals surface area contributed by atoms with Crippen LogP contribution in [0.25, 0.3) is 11.0 Å². The zero-order chi connectivity index (χ0) is 17.9. The van der Waals surface area contributed by atoms with Crippen molar-refractivity contribution in [3.05, 3.63) is 36.2 Å². The smallest absolute Gasteiger partial charge is 0.278 e. The van der Waals surface area contributed by atoms with Gasteiger partial charge in [-0.3, -0.25) is 4.79 Å². The zero-order valence-corrected chi connectivity index (χ0v) is 15.0. The lowest BCUT2D eigenvalue weighted by Gasteiger charge is -2.32. The molecule has 0 aliphatic carbocycles. The van der Waals surface area contributed by atoms with Crippen molar-refractivity contribution in [2.24, 2.45) is 0 Å². The lowest BCUT2D eigenvalue weighted by Crippen LogP contribution is -2.44. The van der Waals surface area contributed by atoms with Gasteiger partial charge < -0.3 is 14.4 Å². The van der Waals surface area contributed by atoms with Gasteiger partial charge in [0.2, 0.25) is 0 Å². The lowest BCUT2D eigenvalue weighted by molar-refractivity contribution is 0.0519. The quantitative estimate of drug-likeness (QED) is 0.694. The highest BCUT2D eigenvalue weighted by Gasteiger charge is 2.27. The fourth-order valence-corrected chi connectivity index (χ4v) is 3.53. The largest absolute Gasteiger partial charge is 0.477 e. The number of likely N-dealkylation sites (tertiary alicyclic amines) is 1. The van der Waals surface area contributed by atoms with Crippen molar-refractivity contribution in [3.63, 3.8) is 0 Å². The molecule has 1 unspecified atom stereocenters. The van der Waals surface area contributed by atoms with Gasteiger partial charge in [-0.15, -0.1) is 0 Å². The molecule has 1 amide bonds. The fraction of sp³-hybridized carbons (Fsp3) is 0.353. The summed E-state index contributed by atoms with van der Waals surface area (Å²) in [6.45, 7) is 1.19. The first-order valence-electron chi connectivity index (χ1n) is 8.28. The highest BCUT2D eigenvalue weighted by Crippen LogP contribution is 2.24. The second kappa shape index (κ2) is 7.20. The maximum Gasteiger partial charge on any atom is 0.278 e. The molecule has 0 N–H and O–H groups in total. The molecular formula is C17H17N5O3S. The van der Waals surface area contributed by atoms with Gasteiger partial charge in [-0.1, -0.05) is 0 Å². The Morgan fingerprint density at radius 2 is 2.00 bits per heavy atom. The molecule has 0 spiro atoms. The number of benzene rings is 1. The lowest BCUT2D eigenvalue weighted by atomic mass is 10.1. The first-order chi connectivity index (χ1) is 12.7. The van der Waals surface area contributed by atoms with Crippen molar-refractivity contribution in [1.29, 1.82) is 0 Å². The monoisotopic (exact) mass is 371 g/mol. The number of methoxy groups -OCH3 is 1. The number of carbonyl (C=O) groups is 1. The highest BCUT2D eigenvalue weighted by atomic mass is 32.1. The zero-order valence-electron chi connectivity index (χ0n) is 14.2. The number of hydrogen-bond acceptors (Lipinski definition) is 8. The third kappa shape index (κ3) is 3.30. The molecular weight excluding hydrogens is 354 g/mol. The predicted octanol–water partition coefficient (Wildman–Crippen LogP) is 2.17. The van der Waals surface area contributed by atoms with Crippen LogP contribution in [0, 0.1) is 0 Å². The molecule has 1 atom stereocenters. The molecule has 1 saturated heterocycles. The summed E-state index contributed by atoms with van der Waals surface area (Å²) in [5, 5.41) is 0. The minimum absolute atomic E-state index is 0.0284. The number of fused-ring (bicyclic) bond motifs is 1. The minimum atomic E-state index is -0.150. The molecule has 3 heterocycles. The third-order valence-electron chi connectivity index (χ3n) is 4.27. The summed E-state index contributed by atoms with van der Waals surface area (Å²) in [5.74, 6) is 0.668. The molecule has 3 aromatic rings. The van der Waals surface area contributed by atoms with Gasteiger partial charge in [-0.25, -0.2) is 9.97 Å². The van der Waals surface area contributed by atoms with Crippen LogP contribution in [0.2, 0.25) is 0 Å². The van der Waals surface area contributed by atoms with E-state index in [9.17, 15) is 4.79 Å². The molecule has 0 radical (unpaired) electrons. The van der Waals surface area contributed by atoms with Crippen LogP contribution in [0.3, 0.4) is 0 Å². The van der Waals surface area contributed by atoms with Crippen molar-refractivity contribution < 1.29 is 14.3 Å². The Bertz CT molecular complexity index is 931.